The first-order chi connectivity index (χ1) is 9.49. The van der Waals surface area contributed by atoms with E-state index in [1.54, 1.807) is 11.0 Å². The molecule has 0 atom stereocenters. The van der Waals surface area contributed by atoms with Crippen molar-refractivity contribution in [2.24, 2.45) is 5.92 Å². The highest BCUT2D eigenvalue weighted by atomic mass is 16.5. The Bertz CT molecular complexity index is 506. The Kier molecular flexibility index (Phi) is 5.85. The summed E-state index contributed by atoms with van der Waals surface area (Å²) in [5, 5.41) is 18.5. The molecule has 1 aromatic rings. The molecule has 0 bridgehead atoms. The fourth-order valence-electron chi connectivity index (χ4n) is 1.89. The van der Waals surface area contributed by atoms with Crippen molar-refractivity contribution in [3.05, 3.63) is 23.8 Å². The zero-order valence-corrected chi connectivity index (χ0v) is 12.1. The third kappa shape index (κ3) is 4.16. The maximum atomic E-state index is 12.5. The summed E-state index contributed by atoms with van der Waals surface area (Å²) in [7, 11) is 1.50. The van der Waals surface area contributed by atoms with Crippen LogP contribution in [0.3, 0.4) is 0 Å². The first kappa shape index (κ1) is 15.8. The van der Waals surface area contributed by atoms with Gasteiger partial charge in [-0.05, 0) is 24.1 Å². The molecule has 20 heavy (non-hydrogen) atoms. The minimum Gasteiger partial charge on any atom is -0.507 e. The van der Waals surface area contributed by atoms with Crippen molar-refractivity contribution in [2.75, 3.05) is 20.2 Å². The molecule has 0 radical (unpaired) electrons. The third-order valence-electron chi connectivity index (χ3n) is 2.80. The standard InChI is InChI=1S/C15H20N2O3/c1-11(2)10-17(8-4-7-16)15(19)13-9-12(20-3)5-6-14(13)18/h5-6,9,11,18H,4,8,10H2,1-3H3. The molecule has 0 aromatic heterocycles. The number of carbonyl (C=O) groups is 1. The Balaban J connectivity index is 3.01. The third-order valence-corrected chi connectivity index (χ3v) is 2.80. The Morgan fingerprint density at radius 3 is 2.75 bits per heavy atom. The van der Waals surface area contributed by atoms with E-state index in [9.17, 15) is 9.90 Å². The smallest absolute Gasteiger partial charge is 0.257 e. The highest BCUT2D eigenvalue weighted by Gasteiger charge is 2.20. The van der Waals surface area contributed by atoms with Crippen LogP contribution in [0.5, 0.6) is 11.5 Å². The molecule has 0 fully saturated rings. The molecular formula is C15H20N2O3. The van der Waals surface area contributed by atoms with E-state index in [0.717, 1.165) is 0 Å². The lowest BCUT2D eigenvalue weighted by Crippen LogP contribution is -2.35. The van der Waals surface area contributed by atoms with E-state index < -0.39 is 0 Å². The summed E-state index contributed by atoms with van der Waals surface area (Å²) in [5.41, 5.74) is 0.197. The number of carbonyl (C=O) groups excluding carboxylic acids is 1. The van der Waals surface area contributed by atoms with Gasteiger partial charge in [-0.2, -0.15) is 5.26 Å². The second-order valence-corrected chi connectivity index (χ2v) is 4.94. The van der Waals surface area contributed by atoms with Gasteiger partial charge in [0.05, 0.1) is 25.2 Å². The van der Waals surface area contributed by atoms with Gasteiger partial charge in [-0.1, -0.05) is 13.8 Å². The average Bonchev–Trinajstić information content (AvgIpc) is 2.43. The van der Waals surface area contributed by atoms with Gasteiger partial charge in [-0.25, -0.2) is 0 Å². The number of amides is 1. The number of aromatic hydroxyl groups is 1. The first-order valence-corrected chi connectivity index (χ1v) is 6.52. The van der Waals surface area contributed by atoms with Crippen LogP contribution in [0.2, 0.25) is 0 Å². The van der Waals surface area contributed by atoms with Crippen molar-refractivity contribution in [3.8, 4) is 17.6 Å². The van der Waals surface area contributed by atoms with Gasteiger partial charge in [0.2, 0.25) is 0 Å². The molecule has 5 nitrogen and oxygen atoms in total. The van der Waals surface area contributed by atoms with Gasteiger partial charge in [0, 0.05) is 13.1 Å². The molecule has 5 heteroatoms. The average molecular weight is 276 g/mol. The van der Waals surface area contributed by atoms with Crippen molar-refractivity contribution in [1.82, 2.24) is 4.90 Å². The predicted octanol–water partition coefficient (Wildman–Crippen LogP) is 2.41. The van der Waals surface area contributed by atoms with Gasteiger partial charge < -0.3 is 14.7 Å². The number of phenolic OH excluding ortho intramolecular Hbond substituents is 1. The summed E-state index contributed by atoms with van der Waals surface area (Å²) >= 11 is 0. The number of benzene rings is 1. The SMILES string of the molecule is COc1ccc(O)c(C(=O)N(CCC#N)CC(C)C)c1. The van der Waals surface area contributed by atoms with Gasteiger partial charge in [0.1, 0.15) is 11.5 Å². The molecule has 0 spiro atoms. The number of hydrogen-bond acceptors (Lipinski definition) is 4. The monoisotopic (exact) mass is 276 g/mol. The number of phenols is 1. The molecular weight excluding hydrogens is 256 g/mol. The highest BCUT2D eigenvalue weighted by molar-refractivity contribution is 5.97. The lowest BCUT2D eigenvalue weighted by molar-refractivity contribution is 0.0736. The van der Waals surface area contributed by atoms with Crippen LogP contribution in [0.15, 0.2) is 18.2 Å². The summed E-state index contributed by atoms with van der Waals surface area (Å²) < 4.78 is 5.07. The number of rotatable bonds is 6. The van der Waals surface area contributed by atoms with Gasteiger partial charge in [-0.15, -0.1) is 0 Å². The number of hydrogen-bond donors (Lipinski definition) is 1. The number of nitriles is 1. The van der Waals surface area contributed by atoms with Gasteiger partial charge in [0.25, 0.3) is 5.91 Å². The predicted molar refractivity (Wildman–Crippen MR) is 75.6 cm³/mol. The van der Waals surface area contributed by atoms with Crippen molar-refractivity contribution in [2.45, 2.75) is 20.3 Å². The minimum atomic E-state index is -0.287. The fourth-order valence-corrected chi connectivity index (χ4v) is 1.89. The zero-order chi connectivity index (χ0) is 15.1. The van der Waals surface area contributed by atoms with E-state index in [-0.39, 0.29) is 29.6 Å². The van der Waals surface area contributed by atoms with Crippen molar-refractivity contribution in [1.29, 1.82) is 5.26 Å². The van der Waals surface area contributed by atoms with Gasteiger partial charge in [0.15, 0.2) is 0 Å². The van der Waals surface area contributed by atoms with E-state index in [1.807, 2.05) is 19.9 Å². The topological polar surface area (TPSA) is 73.6 Å². The van der Waals surface area contributed by atoms with Crippen LogP contribution >= 0.6 is 0 Å². The molecule has 1 N–H and O–H groups in total. The molecule has 1 aromatic carbocycles. The van der Waals surface area contributed by atoms with Crippen LogP contribution in [0.25, 0.3) is 0 Å². The van der Waals surface area contributed by atoms with E-state index in [2.05, 4.69) is 0 Å². The van der Waals surface area contributed by atoms with Crippen molar-refractivity contribution < 1.29 is 14.6 Å². The normalized spacial score (nSPS) is 10.2. The van der Waals surface area contributed by atoms with E-state index >= 15 is 0 Å². The maximum absolute atomic E-state index is 12.5. The molecule has 0 aliphatic carbocycles. The van der Waals surface area contributed by atoms with Crippen LogP contribution < -0.4 is 4.74 Å². The molecule has 1 rings (SSSR count). The largest absolute Gasteiger partial charge is 0.507 e. The lowest BCUT2D eigenvalue weighted by atomic mass is 10.1. The quantitative estimate of drug-likeness (QED) is 0.866. The van der Waals surface area contributed by atoms with E-state index in [1.165, 1.54) is 19.2 Å². The highest BCUT2D eigenvalue weighted by Crippen LogP contribution is 2.24. The summed E-state index contributed by atoms with van der Waals surface area (Å²) in [6, 6.07) is 6.57. The maximum Gasteiger partial charge on any atom is 0.257 e. The first-order valence-electron chi connectivity index (χ1n) is 6.52. The Morgan fingerprint density at radius 1 is 1.50 bits per heavy atom. The van der Waals surface area contributed by atoms with Crippen molar-refractivity contribution in [3.63, 3.8) is 0 Å². The second-order valence-electron chi connectivity index (χ2n) is 4.94. The van der Waals surface area contributed by atoms with Crippen LogP contribution in [0.4, 0.5) is 0 Å². The number of nitrogens with zero attached hydrogens (tertiary/aromatic N) is 2. The lowest BCUT2D eigenvalue weighted by Gasteiger charge is -2.24. The summed E-state index contributed by atoms with van der Waals surface area (Å²) in [6.45, 7) is 4.89. The molecule has 108 valence electrons. The summed E-state index contributed by atoms with van der Waals surface area (Å²) in [5.74, 6) is 0.424. The zero-order valence-electron chi connectivity index (χ0n) is 12.1. The van der Waals surface area contributed by atoms with E-state index in [4.69, 9.17) is 10.00 Å². The second kappa shape index (κ2) is 7.39. The Hall–Kier alpha value is -2.22. The Morgan fingerprint density at radius 2 is 2.20 bits per heavy atom. The van der Waals surface area contributed by atoms with Crippen LogP contribution in [-0.2, 0) is 0 Å². The Labute approximate surface area is 119 Å². The molecule has 0 aliphatic rings. The summed E-state index contributed by atoms with van der Waals surface area (Å²) in [4.78, 5) is 14.1. The molecule has 0 unspecified atom stereocenters. The molecule has 0 aliphatic heterocycles. The molecule has 0 saturated carbocycles. The van der Waals surface area contributed by atoms with Crippen LogP contribution in [0, 0.1) is 17.2 Å². The molecule has 0 saturated heterocycles. The van der Waals surface area contributed by atoms with Gasteiger partial charge in [-0.3, -0.25) is 4.79 Å². The fraction of sp³-hybridized carbons (Fsp3) is 0.467. The minimum absolute atomic E-state index is 0.0819. The number of methoxy groups -OCH3 is 1. The van der Waals surface area contributed by atoms with Crippen LogP contribution in [-0.4, -0.2) is 36.1 Å². The summed E-state index contributed by atoms with van der Waals surface area (Å²) in [6.07, 6.45) is 0.267. The van der Waals surface area contributed by atoms with Crippen LogP contribution in [0.1, 0.15) is 30.6 Å². The molecule has 0 heterocycles. The van der Waals surface area contributed by atoms with E-state index in [0.29, 0.717) is 18.8 Å². The molecule has 1 amide bonds. The van der Waals surface area contributed by atoms with Crippen molar-refractivity contribution >= 4 is 5.91 Å². The van der Waals surface area contributed by atoms with Gasteiger partial charge >= 0.3 is 0 Å². The number of ether oxygens (including phenoxy) is 1.